The number of hydrogen-bond donors (Lipinski definition) is 2. The molecule has 0 bridgehead atoms. The number of benzene rings is 1. The van der Waals surface area contributed by atoms with Gasteiger partial charge in [0.15, 0.2) is 0 Å². The molecule has 0 saturated carbocycles. The summed E-state index contributed by atoms with van der Waals surface area (Å²) in [5, 5.41) is 4.62. The summed E-state index contributed by atoms with van der Waals surface area (Å²) < 4.78 is 1.84. The minimum atomic E-state index is -0.177. The monoisotopic (exact) mass is 279 g/mol. The van der Waals surface area contributed by atoms with E-state index in [1.54, 1.807) is 6.20 Å². The van der Waals surface area contributed by atoms with Gasteiger partial charge in [-0.05, 0) is 42.3 Å². The lowest BCUT2D eigenvalue weighted by atomic mass is 10.0. The molecule has 0 spiro atoms. The van der Waals surface area contributed by atoms with E-state index in [4.69, 9.17) is 5.84 Å². The molecule has 106 valence electrons. The summed E-state index contributed by atoms with van der Waals surface area (Å²) >= 11 is 0. The van der Waals surface area contributed by atoms with Crippen LogP contribution in [0.5, 0.6) is 0 Å². The van der Waals surface area contributed by atoms with Crippen LogP contribution >= 0.6 is 0 Å². The van der Waals surface area contributed by atoms with Crippen molar-refractivity contribution in [3.05, 3.63) is 77.9 Å². The number of nitrogens with zero attached hydrogens (tertiary/aromatic N) is 3. The Bertz CT molecular complexity index is 720. The smallest absolute Gasteiger partial charge is 0.0917 e. The minimum absolute atomic E-state index is 0.177. The molecular formula is C16H17N5. The van der Waals surface area contributed by atoms with E-state index < -0.39 is 0 Å². The Morgan fingerprint density at radius 3 is 2.67 bits per heavy atom. The molecule has 3 aromatic rings. The molecule has 0 aliphatic rings. The van der Waals surface area contributed by atoms with E-state index in [2.05, 4.69) is 15.5 Å². The number of aryl methyl sites for hydroxylation is 1. The molecule has 0 radical (unpaired) electrons. The van der Waals surface area contributed by atoms with Crippen LogP contribution < -0.4 is 11.3 Å². The third-order valence-corrected chi connectivity index (χ3v) is 3.48. The predicted molar refractivity (Wildman–Crippen MR) is 81.7 cm³/mol. The van der Waals surface area contributed by atoms with Gasteiger partial charge in [0.05, 0.1) is 17.4 Å². The van der Waals surface area contributed by atoms with Gasteiger partial charge in [0.1, 0.15) is 0 Å². The first-order chi connectivity index (χ1) is 10.3. The normalized spacial score (nSPS) is 12.3. The van der Waals surface area contributed by atoms with Gasteiger partial charge in [0, 0.05) is 18.6 Å². The molecular weight excluding hydrogens is 262 g/mol. The topological polar surface area (TPSA) is 68.8 Å². The summed E-state index contributed by atoms with van der Waals surface area (Å²) in [6.07, 6.45) is 5.52. The SMILES string of the molecule is Cc1ccncc1C(NN)c1ccn(-c2ccccc2)n1. The predicted octanol–water partition coefficient (Wildman–Crippen LogP) is 2.13. The molecule has 0 aliphatic carbocycles. The lowest BCUT2D eigenvalue weighted by Gasteiger charge is -2.15. The molecule has 1 atom stereocenters. The molecule has 0 saturated heterocycles. The van der Waals surface area contributed by atoms with Crippen molar-refractivity contribution in [3.8, 4) is 5.69 Å². The Hall–Kier alpha value is -2.50. The van der Waals surface area contributed by atoms with E-state index in [-0.39, 0.29) is 6.04 Å². The van der Waals surface area contributed by atoms with Crippen LogP contribution in [0.25, 0.3) is 5.69 Å². The Morgan fingerprint density at radius 2 is 1.95 bits per heavy atom. The number of pyridine rings is 1. The highest BCUT2D eigenvalue weighted by Gasteiger charge is 2.17. The van der Waals surface area contributed by atoms with Gasteiger partial charge < -0.3 is 0 Å². The van der Waals surface area contributed by atoms with Crippen LogP contribution in [-0.2, 0) is 0 Å². The molecule has 5 nitrogen and oxygen atoms in total. The number of hydrogen-bond acceptors (Lipinski definition) is 4. The van der Waals surface area contributed by atoms with E-state index in [1.165, 1.54) is 0 Å². The van der Waals surface area contributed by atoms with Crippen LogP contribution in [0.1, 0.15) is 22.9 Å². The maximum absolute atomic E-state index is 5.73. The van der Waals surface area contributed by atoms with Gasteiger partial charge in [-0.1, -0.05) is 18.2 Å². The van der Waals surface area contributed by atoms with Gasteiger partial charge >= 0.3 is 0 Å². The number of nitrogens with two attached hydrogens (primary N) is 1. The summed E-state index contributed by atoms with van der Waals surface area (Å²) in [6, 6.07) is 13.7. The van der Waals surface area contributed by atoms with Crippen LogP contribution in [0.3, 0.4) is 0 Å². The summed E-state index contributed by atoms with van der Waals surface area (Å²) in [6.45, 7) is 2.04. The van der Waals surface area contributed by atoms with Gasteiger partial charge in [-0.25, -0.2) is 10.1 Å². The fourth-order valence-corrected chi connectivity index (χ4v) is 2.33. The van der Waals surface area contributed by atoms with E-state index in [0.29, 0.717) is 0 Å². The van der Waals surface area contributed by atoms with Crippen molar-refractivity contribution in [3.63, 3.8) is 0 Å². The second-order valence-corrected chi connectivity index (χ2v) is 4.85. The van der Waals surface area contributed by atoms with Crippen molar-refractivity contribution in [2.45, 2.75) is 13.0 Å². The van der Waals surface area contributed by atoms with Gasteiger partial charge in [-0.3, -0.25) is 10.8 Å². The Morgan fingerprint density at radius 1 is 1.14 bits per heavy atom. The number of nitrogens with one attached hydrogen (secondary N) is 1. The molecule has 3 N–H and O–H groups in total. The van der Waals surface area contributed by atoms with Gasteiger partial charge in [0.2, 0.25) is 0 Å². The summed E-state index contributed by atoms with van der Waals surface area (Å²) in [4.78, 5) is 4.17. The molecule has 3 rings (SSSR count). The molecule has 2 aromatic heterocycles. The Labute approximate surface area is 123 Å². The minimum Gasteiger partial charge on any atom is -0.271 e. The molecule has 0 fully saturated rings. The molecule has 1 unspecified atom stereocenters. The van der Waals surface area contributed by atoms with Crippen LogP contribution in [0.15, 0.2) is 61.1 Å². The second-order valence-electron chi connectivity index (χ2n) is 4.85. The first kappa shape index (κ1) is 13.5. The zero-order valence-corrected chi connectivity index (χ0v) is 11.8. The summed E-state index contributed by atoms with van der Waals surface area (Å²) in [5.74, 6) is 5.73. The number of rotatable bonds is 4. The molecule has 2 heterocycles. The highest BCUT2D eigenvalue weighted by molar-refractivity contribution is 5.34. The van der Waals surface area contributed by atoms with Crippen molar-refractivity contribution in [2.24, 2.45) is 5.84 Å². The average Bonchev–Trinajstić information content (AvgIpc) is 3.00. The molecule has 0 aliphatic heterocycles. The Kier molecular flexibility index (Phi) is 3.77. The second kappa shape index (κ2) is 5.87. The number of para-hydroxylation sites is 1. The van der Waals surface area contributed by atoms with Crippen molar-refractivity contribution in [2.75, 3.05) is 0 Å². The van der Waals surface area contributed by atoms with Gasteiger partial charge in [-0.2, -0.15) is 5.10 Å². The van der Waals surface area contributed by atoms with Crippen LogP contribution in [0.2, 0.25) is 0 Å². The molecule has 1 aromatic carbocycles. The zero-order valence-electron chi connectivity index (χ0n) is 11.8. The van der Waals surface area contributed by atoms with Crippen molar-refractivity contribution in [1.29, 1.82) is 0 Å². The molecule has 5 heteroatoms. The molecule has 21 heavy (non-hydrogen) atoms. The number of hydrazine groups is 1. The maximum Gasteiger partial charge on any atom is 0.0917 e. The van der Waals surface area contributed by atoms with E-state index in [9.17, 15) is 0 Å². The lowest BCUT2D eigenvalue weighted by molar-refractivity contribution is 0.607. The first-order valence-electron chi connectivity index (χ1n) is 6.77. The first-order valence-corrected chi connectivity index (χ1v) is 6.77. The maximum atomic E-state index is 5.73. The van der Waals surface area contributed by atoms with Gasteiger partial charge in [0.25, 0.3) is 0 Å². The third-order valence-electron chi connectivity index (χ3n) is 3.48. The highest BCUT2D eigenvalue weighted by Crippen LogP contribution is 2.22. The van der Waals surface area contributed by atoms with Crippen molar-refractivity contribution >= 4 is 0 Å². The largest absolute Gasteiger partial charge is 0.271 e. The lowest BCUT2D eigenvalue weighted by Crippen LogP contribution is -2.30. The standard InChI is InChI=1S/C16H17N5/c1-12-7-9-18-11-14(12)16(19-17)15-8-10-21(20-15)13-5-3-2-4-6-13/h2-11,16,19H,17H2,1H3. The van der Waals surface area contributed by atoms with Gasteiger partial charge in [-0.15, -0.1) is 0 Å². The fraction of sp³-hybridized carbons (Fsp3) is 0.125. The van der Waals surface area contributed by atoms with Crippen LogP contribution in [0, 0.1) is 6.92 Å². The van der Waals surface area contributed by atoms with E-state index in [0.717, 1.165) is 22.5 Å². The third kappa shape index (κ3) is 2.69. The average molecular weight is 279 g/mol. The fourth-order valence-electron chi connectivity index (χ4n) is 2.33. The van der Waals surface area contributed by atoms with Crippen molar-refractivity contribution < 1.29 is 0 Å². The van der Waals surface area contributed by atoms with Crippen molar-refractivity contribution in [1.82, 2.24) is 20.2 Å². The quantitative estimate of drug-likeness (QED) is 0.567. The summed E-state index contributed by atoms with van der Waals surface area (Å²) in [7, 11) is 0. The van der Waals surface area contributed by atoms with Crippen LogP contribution in [0.4, 0.5) is 0 Å². The summed E-state index contributed by atoms with van der Waals surface area (Å²) in [5.41, 5.74) is 6.85. The molecule has 0 amide bonds. The number of aromatic nitrogens is 3. The van der Waals surface area contributed by atoms with E-state index >= 15 is 0 Å². The highest BCUT2D eigenvalue weighted by atomic mass is 15.3. The van der Waals surface area contributed by atoms with E-state index in [1.807, 2.05) is 66.5 Å². The van der Waals surface area contributed by atoms with Crippen LogP contribution in [-0.4, -0.2) is 14.8 Å². The Balaban J connectivity index is 1.96. The zero-order chi connectivity index (χ0) is 14.7.